The molecule has 5 nitrogen and oxygen atoms in total. The lowest BCUT2D eigenvalue weighted by Gasteiger charge is -2.21. The highest BCUT2D eigenvalue weighted by Gasteiger charge is 2.16. The monoisotopic (exact) mass is 286 g/mol. The van der Waals surface area contributed by atoms with E-state index in [2.05, 4.69) is 4.98 Å². The summed E-state index contributed by atoms with van der Waals surface area (Å²) >= 11 is 0. The van der Waals surface area contributed by atoms with Crippen LogP contribution in [0.2, 0.25) is 0 Å². The SMILES string of the molecule is O=C(OCC1CCOCC1)c1ccc(-n2ccnc2)cc1. The van der Waals surface area contributed by atoms with Crippen LogP contribution in [0.25, 0.3) is 5.69 Å². The summed E-state index contributed by atoms with van der Waals surface area (Å²) in [4.78, 5) is 16.0. The first-order valence-corrected chi connectivity index (χ1v) is 7.16. The molecule has 21 heavy (non-hydrogen) atoms. The number of hydrogen-bond donors (Lipinski definition) is 0. The molecule has 0 radical (unpaired) electrons. The lowest BCUT2D eigenvalue weighted by molar-refractivity contribution is 0.0185. The van der Waals surface area contributed by atoms with Crippen LogP contribution in [-0.2, 0) is 9.47 Å². The molecule has 0 unspecified atom stereocenters. The first-order chi connectivity index (χ1) is 10.3. The molecule has 0 saturated carbocycles. The molecule has 110 valence electrons. The minimum absolute atomic E-state index is 0.265. The number of carbonyl (C=O) groups is 1. The van der Waals surface area contributed by atoms with Crippen LogP contribution in [0.15, 0.2) is 43.0 Å². The van der Waals surface area contributed by atoms with Crippen molar-refractivity contribution in [3.05, 3.63) is 48.5 Å². The lowest BCUT2D eigenvalue weighted by Crippen LogP contribution is -2.21. The summed E-state index contributed by atoms with van der Waals surface area (Å²) in [5.74, 6) is 0.159. The summed E-state index contributed by atoms with van der Waals surface area (Å²) in [6.07, 6.45) is 7.23. The molecule has 0 N–H and O–H groups in total. The fourth-order valence-electron chi connectivity index (χ4n) is 2.37. The highest BCUT2D eigenvalue weighted by Crippen LogP contribution is 2.16. The summed E-state index contributed by atoms with van der Waals surface area (Å²) in [5, 5.41) is 0. The Labute approximate surface area is 123 Å². The van der Waals surface area contributed by atoms with Crippen molar-refractivity contribution >= 4 is 5.97 Å². The van der Waals surface area contributed by atoms with Crippen molar-refractivity contribution in [2.24, 2.45) is 5.92 Å². The van der Waals surface area contributed by atoms with E-state index in [1.807, 2.05) is 22.9 Å². The Bertz CT molecular complexity index is 572. The third kappa shape index (κ3) is 3.49. The van der Waals surface area contributed by atoms with E-state index >= 15 is 0 Å². The summed E-state index contributed by atoms with van der Waals surface area (Å²) in [6.45, 7) is 2.01. The molecular formula is C16H18N2O3. The van der Waals surface area contributed by atoms with Crippen LogP contribution in [0.4, 0.5) is 0 Å². The third-order valence-corrected chi connectivity index (χ3v) is 3.70. The second kappa shape index (κ2) is 6.54. The maximum atomic E-state index is 12.0. The molecule has 2 heterocycles. The largest absolute Gasteiger partial charge is 0.462 e. The van der Waals surface area contributed by atoms with Gasteiger partial charge in [0.2, 0.25) is 0 Å². The Kier molecular flexibility index (Phi) is 4.31. The second-order valence-electron chi connectivity index (χ2n) is 5.17. The lowest BCUT2D eigenvalue weighted by atomic mass is 10.0. The smallest absolute Gasteiger partial charge is 0.338 e. The number of esters is 1. The summed E-state index contributed by atoms with van der Waals surface area (Å²) < 4.78 is 12.6. The van der Waals surface area contributed by atoms with Gasteiger partial charge in [-0.1, -0.05) is 0 Å². The van der Waals surface area contributed by atoms with Crippen LogP contribution in [-0.4, -0.2) is 35.3 Å². The van der Waals surface area contributed by atoms with E-state index in [9.17, 15) is 4.79 Å². The minimum atomic E-state index is -0.265. The summed E-state index contributed by atoms with van der Waals surface area (Å²) in [7, 11) is 0. The molecule has 0 aliphatic carbocycles. The Hall–Kier alpha value is -2.14. The van der Waals surface area contributed by atoms with Gasteiger partial charge in [0.15, 0.2) is 0 Å². The van der Waals surface area contributed by atoms with Gasteiger partial charge in [-0.05, 0) is 43.0 Å². The van der Waals surface area contributed by atoms with Gasteiger partial charge in [-0.25, -0.2) is 9.78 Å². The zero-order chi connectivity index (χ0) is 14.5. The van der Waals surface area contributed by atoms with Gasteiger partial charge in [-0.3, -0.25) is 0 Å². The molecule has 0 bridgehead atoms. The molecule has 0 amide bonds. The number of ether oxygens (including phenoxy) is 2. The number of rotatable bonds is 4. The highest BCUT2D eigenvalue weighted by molar-refractivity contribution is 5.89. The van der Waals surface area contributed by atoms with Crippen LogP contribution in [0.3, 0.4) is 0 Å². The van der Waals surface area contributed by atoms with E-state index < -0.39 is 0 Å². The normalized spacial score (nSPS) is 15.8. The van der Waals surface area contributed by atoms with Gasteiger partial charge in [0.1, 0.15) is 0 Å². The minimum Gasteiger partial charge on any atom is -0.462 e. The Morgan fingerprint density at radius 2 is 2.05 bits per heavy atom. The van der Waals surface area contributed by atoms with Gasteiger partial charge in [-0.15, -0.1) is 0 Å². The predicted octanol–water partition coefficient (Wildman–Crippen LogP) is 2.46. The number of nitrogens with zero attached hydrogens (tertiary/aromatic N) is 2. The van der Waals surface area contributed by atoms with Crippen LogP contribution in [0, 0.1) is 5.92 Å². The fraction of sp³-hybridized carbons (Fsp3) is 0.375. The molecule has 1 aliphatic heterocycles. The number of carbonyl (C=O) groups excluding carboxylic acids is 1. The van der Waals surface area contributed by atoms with Crippen LogP contribution in [0.1, 0.15) is 23.2 Å². The van der Waals surface area contributed by atoms with E-state index in [0.29, 0.717) is 18.1 Å². The quantitative estimate of drug-likeness (QED) is 0.810. The molecule has 1 aromatic heterocycles. The molecule has 0 spiro atoms. The third-order valence-electron chi connectivity index (χ3n) is 3.70. The molecule has 5 heteroatoms. The zero-order valence-electron chi connectivity index (χ0n) is 11.8. The average molecular weight is 286 g/mol. The first-order valence-electron chi connectivity index (χ1n) is 7.16. The van der Waals surface area contributed by atoms with Gasteiger partial charge >= 0.3 is 5.97 Å². The number of aromatic nitrogens is 2. The van der Waals surface area contributed by atoms with Crippen LogP contribution >= 0.6 is 0 Å². The molecule has 3 rings (SSSR count). The molecule has 0 atom stereocenters. The molecule has 2 aromatic rings. The van der Waals surface area contributed by atoms with Crippen LogP contribution in [0.5, 0.6) is 0 Å². The summed E-state index contributed by atoms with van der Waals surface area (Å²) in [5.41, 5.74) is 1.54. The highest BCUT2D eigenvalue weighted by atomic mass is 16.5. The van der Waals surface area contributed by atoms with Gasteiger partial charge < -0.3 is 14.0 Å². The fourth-order valence-corrected chi connectivity index (χ4v) is 2.37. The molecular weight excluding hydrogens is 268 g/mol. The van der Waals surface area contributed by atoms with Crippen LogP contribution < -0.4 is 0 Å². The number of hydrogen-bond acceptors (Lipinski definition) is 4. The number of imidazole rings is 1. The van der Waals surface area contributed by atoms with Gasteiger partial charge in [0, 0.05) is 31.3 Å². The zero-order valence-corrected chi connectivity index (χ0v) is 11.8. The van der Waals surface area contributed by atoms with Crippen molar-refractivity contribution in [3.8, 4) is 5.69 Å². The van der Waals surface area contributed by atoms with E-state index in [0.717, 1.165) is 31.7 Å². The predicted molar refractivity (Wildman–Crippen MR) is 77.4 cm³/mol. The molecule has 1 fully saturated rings. The van der Waals surface area contributed by atoms with E-state index in [-0.39, 0.29) is 5.97 Å². The van der Waals surface area contributed by atoms with Crippen molar-refractivity contribution in [1.82, 2.24) is 9.55 Å². The molecule has 1 aromatic carbocycles. The van der Waals surface area contributed by atoms with Gasteiger partial charge in [-0.2, -0.15) is 0 Å². The second-order valence-corrected chi connectivity index (χ2v) is 5.17. The van der Waals surface area contributed by atoms with Gasteiger partial charge in [0.25, 0.3) is 0 Å². The molecule has 1 saturated heterocycles. The maximum absolute atomic E-state index is 12.0. The topological polar surface area (TPSA) is 53.4 Å². The van der Waals surface area contributed by atoms with Crippen molar-refractivity contribution in [2.45, 2.75) is 12.8 Å². The summed E-state index contributed by atoms with van der Waals surface area (Å²) in [6, 6.07) is 7.32. The van der Waals surface area contributed by atoms with E-state index in [1.165, 1.54) is 0 Å². The molecule has 1 aliphatic rings. The van der Waals surface area contributed by atoms with Gasteiger partial charge in [0.05, 0.1) is 18.5 Å². The van der Waals surface area contributed by atoms with Crippen molar-refractivity contribution < 1.29 is 14.3 Å². The Morgan fingerprint density at radius 1 is 1.29 bits per heavy atom. The van der Waals surface area contributed by atoms with Crippen molar-refractivity contribution in [3.63, 3.8) is 0 Å². The maximum Gasteiger partial charge on any atom is 0.338 e. The standard InChI is InChI=1S/C16H18N2O3/c19-16(21-11-13-5-9-20-10-6-13)14-1-3-15(4-2-14)18-8-7-17-12-18/h1-4,7-8,12-13H,5-6,9-11H2. The van der Waals surface area contributed by atoms with Crippen molar-refractivity contribution in [2.75, 3.05) is 19.8 Å². The number of benzene rings is 1. The van der Waals surface area contributed by atoms with Crippen molar-refractivity contribution in [1.29, 1.82) is 0 Å². The first kappa shape index (κ1) is 13.8. The Balaban J connectivity index is 1.57. The van der Waals surface area contributed by atoms with E-state index in [4.69, 9.17) is 9.47 Å². The average Bonchev–Trinajstić information content (AvgIpc) is 3.08. The Morgan fingerprint density at radius 3 is 2.71 bits per heavy atom. The van der Waals surface area contributed by atoms with E-state index in [1.54, 1.807) is 24.7 Å².